The van der Waals surface area contributed by atoms with E-state index in [0.717, 1.165) is 35.0 Å². The molecule has 0 amide bonds. The van der Waals surface area contributed by atoms with Crippen molar-refractivity contribution in [2.45, 2.75) is 33.1 Å². The van der Waals surface area contributed by atoms with Gasteiger partial charge in [-0.25, -0.2) is 0 Å². The van der Waals surface area contributed by atoms with E-state index >= 15 is 0 Å². The Morgan fingerprint density at radius 3 is 2.65 bits per heavy atom. The first-order chi connectivity index (χ1) is 9.52. The average Bonchev–Trinajstić information content (AvgIpc) is 2.71. The minimum absolute atomic E-state index is 0.582. The number of aryl methyl sites for hydroxylation is 1. The van der Waals surface area contributed by atoms with Crippen LogP contribution < -0.4 is 14.8 Å². The van der Waals surface area contributed by atoms with E-state index in [1.165, 1.54) is 0 Å². The van der Waals surface area contributed by atoms with Crippen molar-refractivity contribution in [3.63, 3.8) is 0 Å². The average molecular weight is 270 g/mol. The van der Waals surface area contributed by atoms with Crippen LogP contribution in [0, 0.1) is 6.92 Å². The number of rotatable bonds is 3. The number of nitrogens with one attached hydrogen (secondary N) is 1. The van der Waals surface area contributed by atoms with Crippen LogP contribution in [-0.4, -0.2) is 10.8 Å². The van der Waals surface area contributed by atoms with Gasteiger partial charge in [-0.05, 0) is 30.7 Å². The predicted octanol–water partition coefficient (Wildman–Crippen LogP) is 3.51. The zero-order chi connectivity index (χ0) is 14.2. The third-order valence-corrected chi connectivity index (χ3v) is 3.12. The molecule has 0 bridgehead atoms. The quantitative estimate of drug-likeness (QED) is 0.927. The molecule has 20 heavy (non-hydrogen) atoms. The van der Waals surface area contributed by atoms with Gasteiger partial charge in [-0.3, -0.25) is 4.98 Å². The van der Waals surface area contributed by atoms with Crippen molar-refractivity contribution in [2.24, 2.45) is 0 Å². The highest BCUT2D eigenvalue weighted by molar-refractivity contribution is 5.56. The molecule has 4 heteroatoms. The minimum Gasteiger partial charge on any atom is -0.449 e. The number of anilines is 1. The molecule has 0 spiro atoms. The van der Waals surface area contributed by atoms with Crippen molar-refractivity contribution < 1.29 is 9.47 Å². The number of hydrogen-bond acceptors (Lipinski definition) is 4. The third kappa shape index (κ3) is 2.69. The summed E-state index contributed by atoms with van der Waals surface area (Å²) in [5.41, 5.74) is 3.18. The molecule has 0 saturated carbocycles. The van der Waals surface area contributed by atoms with Crippen LogP contribution >= 0.6 is 0 Å². The SMILES string of the molecule is Cc1ccc(CNc2ccc3c(c2)OC(C)(C)O3)cn1. The van der Waals surface area contributed by atoms with Crippen LogP contribution in [0.25, 0.3) is 0 Å². The van der Waals surface area contributed by atoms with E-state index in [9.17, 15) is 0 Å². The van der Waals surface area contributed by atoms with Gasteiger partial charge in [0.05, 0.1) is 0 Å². The van der Waals surface area contributed by atoms with Gasteiger partial charge in [-0.1, -0.05) is 6.07 Å². The summed E-state index contributed by atoms with van der Waals surface area (Å²) in [4.78, 5) is 4.28. The Morgan fingerprint density at radius 1 is 1.10 bits per heavy atom. The van der Waals surface area contributed by atoms with E-state index in [-0.39, 0.29) is 0 Å². The molecule has 1 aromatic carbocycles. The lowest BCUT2D eigenvalue weighted by Gasteiger charge is -2.16. The summed E-state index contributed by atoms with van der Waals surface area (Å²) in [6.07, 6.45) is 1.89. The highest BCUT2D eigenvalue weighted by Crippen LogP contribution is 2.40. The fourth-order valence-corrected chi connectivity index (χ4v) is 2.14. The van der Waals surface area contributed by atoms with Crippen LogP contribution in [0.5, 0.6) is 11.5 Å². The van der Waals surface area contributed by atoms with Crippen molar-refractivity contribution in [2.75, 3.05) is 5.32 Å². The third-order valence-electron chi connectivity index (χ3n) is 3.12. The summed E-state index contributed by atoms with van der Waals surface area (Å²) >= 11 is 0. The molecule has 0 fully saturated rings. The molecule has 1 aliphatic heterocycles. The van der Waals surface area contributed by atoms with Crippen LogP contribution in [0.2, 0.25) is 0 Å². The topological polar surface area (TPSA) is 43.4 Å². The zero-order valence-electron chi connectivity index (χ0n) is 11.9. The van der Waals surface area contributed by atoms with Gasteiger partial charge < -0.3 is 14.8 Å². The first kappa shape index (κ1) is 12.8. The number of hydrogen-bond donors (Lipinski definition) is 1. The molecular formula is C16H18N2O2. The molecule has 4 nitrogen and oxygen atoms in total. The second-order valence-corrected chi connectivity index (χ2v) is 5.43. The van der Waals surface area contributed by atoms with E-state index in [1.54, 1.807) is 0 Å². The summed E-state index contributed by atoms with van der Waals surface area (Å²) in [5, 5.41) is 3.36. The fraction of sp³-hybridized carbons (Fsp3) is 0.312. The smallest absolute Gasteiger partial charge is 0.246 e. The maximum Gasteiger partial charge on any atom is 0.246 e. The predicted molar refractivity (Wildman–Crippen MR) is 78.1 cm³/mol. The largest absolute Gasteiger partial charge is 0.449 e. The maximum atomic E-state index is 5.73. The van der Waals surface area contributed by atoms with Gasteiger partial charge in [0, 0.05) is 44.0 Å². The molecule has 2 aromatic rings. The summed E-state index contributed by atoms with van der Waals surface area (Å²) in [6.45, 7) is 6.52. The van der Waals surface area contributed by atoms with E-state index in [1.807, 2.05) is 51.2 Å². The molecule has 1 aromatic heterocycles. The zero-order valence-corrected chi connectivity index (χ0v) is 11.9. The van der Waals surface area contributed by atoms with Crippen molar-refractivity contribution in [3.8, 4) is 11.5 Å². The van der Waals surface area contributed by atoms with E-state index in [0.29, 0.717) is 0 Å². The minimum atomic E-state index is -0.582. The monoisotopic (exact) mass is 270 g/mol. The van der Waals surface area contributed by atoms with Crippen molar-refractivity contribution >= 4 is 5.69 Å². The maximum absolute atomic E-state index is 5.73. The standard InChI is InChI=1S/C16H18N2O2/c1-11-4-5-12(9-17-11)10-18-13-6-7-14-15(8-13)20-16(2,3)19-14/h4-9,18H,10H2,1-3H3. The first-order valence-electron chi connectivity index (χ1n) is 6.69. The number of pyridine rings is 1. The van der Waals surface area contributed by atoms with Gasteiger partial charge in [-0.2, -0.15) is 0 Å². The number of ether oxygens (including phenoxy) is 2. The first-order valence-corrected chi connectivity index (χ1v) is 6.69. The normalized spacial score (nSPS) is 15.2. The van der Waals surface area contributed by atoms with Crippen LogP contribution in [0.4, 0.5) is 5.69 Å². The Balaban J connectivity index is 1.69. The Labute approximate surface area is 118 Å². The van der Waals surface area contributed by atoms with Crippen LogP contribution in [0.1, 0.15) is 25.1 Å². The lowest BCUT2D eigenvalue weighted by molar-refractivity contribution is -0.0431. The van der Waals surface area contributed by atoms with E-state index in [4.69, 9.17) is 9.47 Å². The molecule has 3 rings (SSSR count). The summed E-state index contributed by atoms with van der Waals surface area (Å²) < 4.78 is 11.4. The molecule has 2 heterocycles. The van der Waals surface area contributed by atoms with E-state index in [2.05, 4.69) is 16.4 Å². The Hall–Kier alpha value is -2.23. The number of fused-ring (bicyclic) bond motifs is 1. The second-order valence-electron chi connectivity index (χ2n) is 5.43. The van der Waals surface area contributed by atoms with Gasteiger partial charge in [-0.15, -0.1) is 0 Å². The van der Waals surface area contributed by atoms with Gasteiger partial charge in [0.15, 0.2) is 11.5 Å². The van der Waals surface area contributed by atoms with Gasteiger partial charge in [0.2, 0.25) is 5.79 Å². The molecular weight excluding hydrogens is 252 g/mol. The molecule has 0 radical (unpaired) electrons. The number of aromatic nitrogens is 1. The molecule has 0 aliphatic carbocycles. The molecule has 1 aliphatic rings. The lowest BCUT2D eigenvalue weighted by Crippen LogP contribution is -2.29. The fourth-order valence-electron chi connectivity index (χ4n) is 2.14. The van der Waals surface area contributed by atoms with Gasteiger partial charge in [0.25, 0.3) is 0 Å². The Bertz CT molecular complexity index is 621. The lowest BCUT2D eigenvalue weighted by atomic mass is 10.2. The molecule has 0 atom stereocenters. The highest BCUT2D eigenvalue weighted by Gasteiger charge is 2.31. The van der Waals surface area contributed by atoms with Gasteiger partial charge in [0.1, 0.15) is 0 Å². The second kappa shape index (κ2) is 4.71. The summed E-state index contributed by atoms with van der Waals surface area (Å²) in [6, 6.07) is 9.97. The van der Waals surface area contributed by atoms with E-state index < -0.39 is 5.79 Å². The van der Waals surface area contributed by atoms with Crippen molar-refractivity contribution in [1.29, 1.82) is 0 Å². The van der Waals surface area contributed by atoms with Gasteiger partial charge >= 0.3 is 0 Å². The van der Waals surface area contributed by atoms with Crippen LogP contribution in [-0.2, 0) is 6.54 Å². The Kier molecular flexibility index (Phi) is 3.01. The molecule has 0 saturated heterocycles. The molecule has 1 N–H and O–H groups in total. The van der Waals surface area contributed by atoms with Crippen molar-refractivity contribution in [3.05, 3.63) is 47.8 Å². The number of benzene rings is 1. The Morgan fingerprint density at radius 2 is 1.90 bits per heavy atom. The molecule has 104 valence electrons. The summed E-state index contributed by atoms with van der Waals surface area (Å²) in [7, 11) is 0. The van der Waals surface area contributed by atoms with Crippen LogP contribution in [0.3, 0.4) is 0 Å². The summed E-state index contributed by atoms with van der Waals surface area (Å²) in [5.74, 6) is 0.988. The number of nitrogens with zero attached hydrogens (tertiary/aromatic N) is 1. The molecule has 0 unspecified atom stereocenters. The highest BCUT2D eigenvalue weighted by atomic mass is 16.7. The van der Waals surface area contributed by atoms with Crippen LogP contribution in [0.15, 0.2) is 36.5 Å². The van der Waals surface area contributed by atoms with Crippen molar-refractivity contribution in [1.82, 2.24) is 4.98 Å².